The highest BCUT2D eigenvalue weighted by molar-refractivity contribution is 6.13. The average Bonchev–Trinajstić information content (AvgIpc) is 2.78. The molecule has 0 fully saturated rings. The maximum absolute atomic E-state index is 13.0. The smallest absolute Gasteiger partial charge is 0.267 e. The number of hydrogen-bond donors (Lipinski definition) is 4. The Morgan fingerprint density at radius 2 is 1.34 bits per heavy atom. The minimum atomic E-state index is -1.08. The Morgan fingerprint density at radius 3 is 1.81 bits per heavy atom. The van der Waals surface area contributed by atoms with Gasteiger partial charge in [-0.15, -0.1) is 0 Å². The summed E-state index contributed by atoms with van der Waals surface area (Å²) in [6, 6.07) is 17.8. The average molecular weight is 431 g/mol. The number of para-hydroxylation sites is 2. The van der Waals surface area contributed by atoms with Gasteiger partial charge in [-0.05, 0) is 36.8 Å². The van der Waals surface area contributed by atoms with E-state index in [0.717, 1.165) is 6.08 Å². The molecule has 2 aromatic carbocycles. The molecule has 0 aliphatic heterocycles. The van der Waals surface area contributed by atoms with Crippen molar-refractivity contribution in [3.8, 4) is 0 Å². The van der Waals surface area contributed by atoms with Crippen molar-refractivity contribution in [3.63, 3.8) is 0 Å². The third-order valence-electron chi connectivity index (χ3n) is 4.29. The van der Waals surface area contributed by atoms with Crippen molar-refractivity contribution < 1.29 is 19.6 Å². The van der Waals surface area contributed by atoms with E-state index in [2.05, 4.69) is 17.2 Å². The molecule has 0 unspecified atom stereocenters. The number of allylic oxidation sites excluding steroid dienone is 5. The van der Waals surface area contributed by atoms with E-state index in [-0.39, 0.29) is 0 Å². The van der Waals surface area contributed by atoms with Crippen molar-refractivity contribution in [2.24, 2.45) is 5.92 Å². The predicted molar refractivity (Wildman–Crippen MR) is 125 cm³/mol. The molecule has 0 saturated heterocycles. The molecule has 164 valence electrons. The molecule has 0 spiro atoms. The lowest BCUT2D eigenvalue weighted by Crippen LogP contribution is -2.34. The molecule has 7 heteroatoms. The first-order valence-corrected chi connectivity index (χ1v) is 9.78. The number of carbonyl (C=O) groups is 3. The summed E-state index contributed by atoms with van der Waals surface area (Å²) in [5, 5.41) is 14.0. The van der Waals surface area contributed by atoms with Gasteiger partial charge in [0.1, 0.15) is 5.92 Å². The first-order chi connectivity index (χ1) is 15.4. The van der Waals surface area contributed by atoms with E-state index in [9.17, 15) is 14.4 Å². The van der Waals surface area contributed by atoms with Crippen molar-refractivity contribution in [1.82, 2.24) is 5.48 Å². The number of amides is 3. The Kier molecular flexibility index (Phi) is 9.36. The maximum Gasteiger partial charge on any atom is 0.267 e. The van der Waals surface area contributed by atoms with Gasteiger partial charge < -0.3 is 10.6 Å². The van der Waals surface area contributed by atoms with E-state index in [1.165, 1.54) is 11.6 Å². The lowest BCUT2D eigenvalue weighted by Gasteiger charge is -2.17. The van der Waals surface area contributed by atoms with Crippen LogP contribution < -0.4 is 16.1 Å². The topological polar surface area (TPSA) is 108 Å². The maximum atomic E-state index is 13.0. The van der Waals surface area contributed by atoms with Crippen LogP contribution in [0, 0.1) is 5.92 Å². The molecule has 2 rings (SSSR count). The van der Waals surface area contributed by atoms with Gasteiger partial charge in [0.05, 0.1) is 0 Å². The molecule has 2 aromatic rings. The first kappa shape index (κ1) is 24.0. The van der Waals surface area contributed by atoms with Crippen molar-refractivity contribution in [1.29, 1.82) is 0 Å². The van der Waals surface area contributed by atoms with E-state index < -0.39 is 23.6 Å². The molecule has 0 saturated carbocycles. The summed E-state index contributed by atoms with van der Waals surface area (Å²) in [4.78, 5) is 36.9. The molecule has 7 nitrogen and oxygen atoms in total. The van der Waals surface area contributed by atoms with Crippen LogP contribution >= 0.6 is 0 Å². The number of benzene rings is 2. The zero-order valence-electron chi connectivity index (χ0n) is 17.6. The number of rotatable bonds is 9. The summed E-state index contributed by atoms with van der Waals surface area (Å²) in [6.45, 7) is 5.44. The molecule has 4 N–H and O–H groups in total. The van der Waals surface area contributed by atoms with Crippen LogP contribution in [0.2, 0.25) is 0 Å². The van der Waals surface area contributed by atoms with Gasteiger partial charge in [-0.1, -0.05) is 72.9 Å². The van der Waals surface area contributed by atoms with Crippen molar-refractivity contribution in [2.45, 2.75) is 6.92 Å². The van der Waals surface area contributed by atoms with Crippen molar-refractivity contribution >= 4 is 29.1 Å². The molecule has 0 atom stereocenters. The minimum Gasteiger partial charge on any atom is -0.325 e. The summed E-state index contributed by atoms with van der Waals surface area (Å²) >= 11 is 0. The fourth-order valence-electron chi connectivity index (χ4n) is 2.70. The standard InChI is InChI=1S/C25H25N3O4/c1-18(16-17-22(29)28-32)10-9-11-19(2)23(24(30)26-20-12-5-3-6-13-20)25(31)27-21-14-7-4-8-15-21/h3-17,23,32H,1H2,2H3,(H,26,30)(H,27,31)(H,28,29)/b10-9-,17-16+,19-11+. The monoisotopic (exact) mass is 431 g/mol. The second-order valence-corrected chi connectivity index (χ2v) is 6.80. The number of anilines is 2. The van der Waals surface area contributed by atoms with Crippen LogP contribution in [0.4, 0.5) is 11.4 Å². The van der Waals surface area contributed by atoms with Crippen LogP contribution in [0.25, 0.3) is 0 Å². The number of carbonyl (C=O) groups excluding carboxylic acids is 3. The lowest BCUT2D eigenvalue weighted by atomic mass is 9.97. The summed E-state index contributed by atoms with van der Waals surface area (Å²) in [5.74, 6) is -2.69. The normalized spacial score (nSPS) is 11.5. The van der Waals surface area contributed by atoms with Gasteiger partial charge in [0, 0.05) is 17.5 Å². The van der Waals surface area contributed by atoms with Crippen molar-refractivity contribution in [3.05, 3.63) is 109 Å². The molecule has 0 aromatic heterocycles. The van der Waals surface area contributed by atoms with Crippen LogP contribution in [0.5, 0.6) is 0 Å². The predicted octanol–water partition coefficient (Wildman–Crippen LogP) is 4.00. The van der Waals surface area contributed by atoms with Gasteiger partial charge in [-0.25, -0.2) is 5.48 Å². The number of nitrogens with one attached hydrogen (secondary N) is 3. The van der Waals surface area contributed by atoms with Crippen LogP contribution in [-0.2, 0) is 14.4 Å². The van der Waals surface area contributed by atoms with Crippen LogP contribution in [-0.4, -0.2) is 22.9 Å². The Balaban J connectivity index is 2.20. The molecule has 32 heavy (non-hydrogen) atoms. The van der Waals surface area contributed by atoms with Gasteiger partial charge in [-0.3, -0.25) is 19.6 Å². The highest BCUT2D eigenvalue weighted by Gasteiger charge is 2.28. The third-order valence-corrected chi connectivity index (χ3v) is 4.29. The molecule has 0 radical (unpaired) electrons. The second-order valence-electron chi connectivity index (χ2n) is 6.80. The molecular formula is C25H25N3O4. The van der Waals surface area contributed by atoms with Gasteiger partial charge in [-0.2, -0.15) is 0 Å². The van der Waals surface area contributed by atoms with E-state index in [0.29, 0.717) is 22.5 Å². The molecule has 3 amide bonds. The fourth-order valence-corrected chi connectivity index (χ4v) is 2.70. The summed E-state index contributed by atoms with van der Waals surface area (Å²) in [5.41, 5.74) is 3.64. The summed E-state index contributed by atoms with van der Waals surface area (Å²) in [7, 11) is 0. The minimum absolute atomic E-state index is 0.467. The highest BCUT2D eigenvalue weighted by atomic mass is 16.5. The van der Waals surface area contributed by atoms with E-state index >= 15 is 0 Å². The zero-order valence-corrected chi connectivity index (χ0v) is 17.6. The zero-order chi connectivity index (χ0) is 23.3. The molecular weight excluding hydrogens is 406 g/mol. The molecule has 0 heterocycles. The Morgan fingerprint density at radius 1 is 0.844 bits per heavy atom. The lowest BCUT2D eigenvalue weighted by molar-refractivity contribution is -0.128. The molecule has 0 bridgehead atoms. The van der Waals surface area contributed by atoms with Crippen LogP contribution in [0.3, 0.4) is 0 Å². The van der Waals surface area contributed by atoms with Crippen LogP contribution in [0.15, 0.2) is 109 Å². The van der Waals surface area contributed by atoms with Gasteiger partial charge >= 0.3 is 0 Å². The largest absolute Gasteiger partial charge is 0.325 e. The number of hydroxylamine groups is 1. The number of hydrogen-bond acceptors (Lipinski definition) is 4. The molecule has 0 aliphatic carbocycles. The quantitative estimate of drug-likeness (QED) is 0.158. The van der Waals surface area contributed by atoms with Gasteiger partial charge in [0.25, 0.3) is 5.91 Å². The highest BCUT2D eigenvalue weighted by Crippen LogP contribution is 2.18. The Hall–Kier alpha value is -4.23. The van der Waals surface area contributed by atoms with Crippen LogP contribution in [0.1, 0.15) is 6.92 Å². The van der Waals surface area contributed by atoms with E-state index in [4.69, 9.17) is 5.21 Å². The van der Waals surface area contributed by atoms with Gasteiger partial charge in [0.2, 0.25) is 11.8 Å². The van der Waals surface area contributed by atoms with E-state index in [1.54, 1.807) is 73.7 Å². The molecule has 0 aliphatic rings. The Labute approximate surface area is 186 Å². The second kappa shape index (κ2) is 12.5. The first-order valence-electron chi connectivity index (χ1n) is 9.78. The van der Waals surface area contributed by atoms with Gasteiger partial charge in [0.15, 0.2) is 0 Å². The Bertz CT molecular complexity index is 988. The summed E-state index contributed by atoms with van der Waals surface area (Å²) in [6.07, 6.45) is 7.38. The van der Waals surface area contributed by atoms with E-state index in [1.807, 2.05) is 12.1 Å². The summed E-state index contributed by atoms with van der Waals surface area (Å²) < 4.78 is 0. The SMILES string of the molecule is C=C(/C=C\C=C(/C)C(C(=O)Nc1ccccc1)C(=O)Nc1ccccc1)/C=C/C(=O)NO. The third kappa shape index (κ3) is 7.89. The van der Waals surface area contributed by atoms with Crippen molar-refractivity contribution in [2.75, 3.05) is 10.6 Å². The fraction of sp³-hybridized carbons (Fsp3) is 0.0800.